The van der Waals surface area contributed by atoms with Crippen LogP contribution in [0.1, 0.15) is 33.4 Å². The second-order valence-electron chi connectivity index (χ2n) is 17.9. The molecule has 0 atom stereocenters. The molecule has 1 aromatic heterocycles. The average Bonchev–Trinajstić information content (AvgIpc) is 3.93. The molecule has 0 amide bonds. The van der Waals surface area contributed by atoms with Gasteiger partial charge in [-0.05, 0) is 130 Å². The van der Waals surface area contributed by atoms with Crippen LogP contribution in [0.2, 0.25) is 0 Å². The predicted octanol–water partition coefficient (Wildman–Crippen LogP) is 16.4. The second-order valence-corrected chi connectivity index (χ2v) is 17.9. The first kappa shape index (κ1) is 40.6. The van der Waals surface area contributed by atoms with Crippen molar-refractivity contribution in [3.05, 3.63) is 282 Å². The minimum atomic E-state index is -0.572. The zero-order valence-corrected chi connectivity index (χ0v) is 37.9. The van der Waals surface area contributed by atoms with E-state index >= 15 is 0 Å². The molecule has 1 aliphatic carbocycles. The Balaban J connectivity index is 1.13. The third-order valence-electron chi connectivity index (χ3n) is 14.2. The van der Waals surface area contributed by atoms with Crippen LogP contribution in [0, 0.1) is 22.7 Å². The van der Waals surface area contributed by atoms with Crippen LogP contribution in [0.5, 0.6) is 0 Å². The SMILES string of the molecule is N#Cc1cccc(N(c2ccccc2)c2ccc3c4c2ccc2c(N(c5ccccc5)c5cccc(C#N)c5)ccc(c24)n3-c2ccc3c(c2)C(c2ccccc2)(c2ccccc2)c2ccccc2-3)c1. The Labute approximate surface area is 406 Å². The van der Waals surface area contributed by atoms with Crippen molar-refractivity contribution in [1.29, 1.82) is 10.5 Å². The minimum absolute atomic E-state index is 0.572. The molecule has 0 radical (unpaired) electrons. The number of nitriles is 2. The molecule has 0 fully saturated rings. The Bertz CT molecular complexity index is 3820. The van der Waals surface area contributed by atoms with Gasteiger partial charge in [0, 0.05) is 50.0 Å². The summed E-state index contributed by atoms with van der Waals surface area (Å²) in [5.41, 5.74) is 17.0. The van der Waals surface area contributed by atoms with Crippen molar-refractivity contribution in [2.45, 2.75) is 5.41 Å². The number of nitrogens with zero attached hydrogens (tertiary/aromatic N) is 5. The molecule has 0 saturated heterocycles. The van der Waals surface area contributed by atoms with Gasteiger partial charge >= 0.3 is 0 Å². The number of rotatable bonds is 9. The Morgan fingerprint density at radius 1 is 0.357 bits per heavy atom. The van der Waals surface area contributed by atoms with Crippen molar-refractivity contribution in [1.82, 2.24) is 4.57 Å². The number of fused-ring (bicyclic) bond motifs is 3. The molecule has 5 heteroatoms. The van der Waals surface area contributed by atoms with E-state index < -0.39 is 5.41 Å². The van der Waals surface area contributed by atoms with E-state index in [2.05, 4.69) is 227 Å². The molecule has 11 aromatic carbocycles. The van der Waals surface area contributed by atoms with Gasteiger partial charge in [-0.1, -0.05) is 152 Å². The highest BCUT2D eigenvalue weighted by molar-refractivity contribution is 6.29. The topological polar surface area (TPSA) is 59.0 Å². The van der Waals surface area contributed by atoms with Crippen molar-refractivity contribution < 1.29 is 0 Å². The van der Waals surface area contributed by atoms with Gasteiger partial charge in [0.1, 0.15) is 0 Å². The van der Waals surface area contributed by atoms with E-state index in [0.29, 0.717) is 11.1 Å². The molecule has 1 heterocycles. The third-order valence-corrected chi connectivity index (χ3v) is 14.2. The summed E-state index contributed by atoms with van der Waals surface area (Å²) in [7, 11) is 0. The van der Waals surface area contributed by atoms with Crippen LogP contribution >= 0.6 is 0 Å². The average molecular weight is 892 g/mol. The summed E-state index contributed by atoms with van der Waals surface area (Å²) < 4.78 is 2.45. The fraction of sp³-hybridized carbons (Fsp3) is 0.0154. The Morgan fingerprint density at radius 3 is 1.30 bits per heavy atom. The highest BCUT2D eigenvalue weighted by atomic mass is 15.2. The maximum Gasteiger partial charge on any atom is 0.0992 e. The first-order chi connectivity index (χ1) is 34.6. The van der Waals surface area contributed by atoms with Gasteiger partial charge < -0.3 is 14.4 Å². The summed E-state index contributed by atoms with van der Waals surface area (Å²) >= 11 is 0. The van der Waals surface area contributed by atoms with Crippen molar-refractivity contribution >= 4 is 66.7 Å². The predicted molar refractivity (Wildman–Crippen MR) is 286 cm³/mol. The van der Waals surface area contributed by atoms with Crippen LogP contribution in [0.15, 0.2) is 249 Å². The number of aromatic nitrogens is 1. The van der Waals surface area contributed by atoms with Gasteiger partial charge in [0.2, 0.25) is 0 Å². The van der Waals surface area contributed by atoms with Crippen LogP contribution in [-0.2, 0) is 5.41 Å². The molecular formula is C65H41N5. The maximum absolute atomic E-state index is 10.1. The summed E-state index contributed by atoms with van der Waals surface area (Å²) in [6, 6.07) is 92.7. The van der Waals surface area contributed by atoms with Crippen LogP contribution in [0.3, 0.4) is 0 Å². The molecule has 0 saturated carbocycles. The van der Waals surface area contributed by atoms with Crippen LogP contribution in [0.25, 0.3) is 49.4 Å². The quantitative estimate of drug-likeness (QED) is 0.135. The molecule has 70 heavy (non-hydrogen) atoms. The molecule has 5 nitrogen and oxygen atoms in total. The Morgan fingerprint density at radius 2 is 0.800 bits per heavy atom. The van der Waals surface area contributed by atoms with Crippen LogP contribution in [-0.4, -0.2) is 4.57 Å². The fourth-order valence-electron chi connectivity index (χ4n) is 11.4. The van der Waals surface area contributed by atoms with Gasteiger partial charge in [0.25, 0.3) is 0 Å². The molecule has 0 unspecified atom stereocenters. The molecule has 13 rings (SSSR count). The van der Waals surface area contributed by atoms with Gasteiger partial charge in [-0.25, -0.2) is 0 Å². The summed E-state index contributed by atoms with van der Waals surface area (Å²) in [5, 5.41) is 24.6. The monoisotopic (exact) mass is 891 g/mol. The van der Waals surface area contributed by atoms with Crippen LogP contribution < -0.4 is 9.80 Å². The lowest BCUT2D eigenvalue weighted by atomic mass is 9.67. The van der Waals surface area contributed by atoms with Gasteiger partial charge in [0.05, 0.1) is 51.1 Å². The zero-order valence-electron chi connectivity index (χ0n) is 37.9. The number of anilines is 6. The number of benzene rings is 11. The summed E-state index contributed by atoms with van der Waals surface area (Å²) in [4.78, 5) is 4.53. The minimum Gasteiger partial charge on any atom is -0.310 e. The molecular weight excluding hydrogens is 851 g/mol. The number of para-hydroxylation sites is 2. The maximum atomic E-state index is 10.1. The fourth-order valence-corrected chi connectivity index (χ4v) is 11.4. The molecule has 12 aromatic rings. The van der Waals surface area contributed by atoms with Gasteiger partial charge in [-0.2, -0.15) is 10.5 Å². The van der Waals surface area contributed by atoms with Crippen molar-refractivity contribution in [3.8, 4) is 29.0 Å². The largest absolute Gasteiger partial charge is 0.310 e. The molecule has 0 N–H and O–H groups in total. The normalized spacial score (nSPS) is 12.4. The van der Waals surface area contributed by atoms with Gasteiger partial charge in [-0.3, -0.25) is 0 Å². The van der Waals surface area contributed by atoms with E-state index in [4.69, 9.17) is 0 Å². The zero-order chi connectivity index (χ0) is 46.8. The van der Waals surface area contributed by atoms with Crippen molar-refractivity contribution in [3.63, 3.8) is 0 Å². The molecule has 0 spiro atoms. The van der Waals surface area contributed by atoms with E-state index in [9.17, 15) is 10.5 Å². The molecule has 0 aliphatic heterocycles. The third kappa shape index (κ3) is 6.09. The van der Waals surface area contributed by atoms with Crippen molar-refractivity contribution in [2.24, 2.45) is 0 Å². The highest BCUT2D eigenvalue weighted by Crippen LogP contribution is 2.57. The first-order valence-corrected chi connectivity index (χ1v) is 23.5. The molecule has 326 valence electrons. The summed E-state index contributed by atoms with van der Waals surface area (Å²) in [5.74, 6) is 0. The van der Waals surface area contributed by atoms with Gasteiger partial charge in [0.15, 0.2) is 0 Å². The van der Waals surface area contributed by atoms with Crippen molar-refractivity contribution in [2.75, 3.05) is 9.80 Å². The lowest BCUT2D eigenvalue weighted by molar-refractivity contribution is 0.767. The van der Waals surface area contributed by atoms with E-state index in [1.807, 2.05) is 48.5 Å². The smallest absolute Gasteiger partial charge is 0.0992 e. The van der Waals surface area contributed by atoms with Crippen LogP contribution in [0.4, 0.5) is 34.1 Å². The summed E-state index contributed by atoms with van der Waals surface area (Å²) in [6.45, 7) is 0. The lowest BCUT2D eigenvalue weighted by Gasteiger charge is -2.34. The van der Waals surface area contributed by atoms with E-state index in [0.717, 1.165) is 72.4 Å². The first-order valence-electron chi connectivity index (χ1n) is 23.5. The Kier molecular flexibility index (Phi) is 9.44. The van der Waals surface area contributed by atoms with E-state index in [1.54, 1.807) is 0 Å². The lowest BCUT2D eigenvalue weighted by Crippen LogP contribution is -2.28. The molecule has 0 bridgehead atoms. The van der Waals surface area contributed by atoms with Gasteiger partial charge in [-0.15, -0.1) is 0 Å². The highest BCUT2D eigenvalue weighted by Gasteiger charge is 2.46. The van der Waals surface area contributed by atoms with E-state index in [-0.39, 0.29) is 0 Å². The standard InChI is InChI=1S/C65H41N5/c66-42-44-17-15-27-50(39-44)68(48-23-9-3-10-24-48)59-35-37-61-63-55(59)33-34-56-60(69(49-25-11-4-12-26-49)51-28-16-18-45(40-51)43-67)36-38-62(64(56)63)70(61)52-31-32-54-53-29-13-14-30-57(53)65(58(54)41-52,46-19-5-1-6-20-46)47-21-7-2-8-22-47/h1-41H. The van der Waals surface area contributed by atoms with E-state index in [1.165, 1.54) is 33.4 Å². The molecule has 1 aliphatic rings. The summed E-state index contributed by atoms with van der Waals surface area (Å²) in [6.07, 6.45) is 0. The number of hydrogen-bond donors (Lipinski definition) is 0. The second kappa shape index (κ2) is 16.3. The number of hydrogen-bond acceptors (Lipinski definition) is 4. The Hall–Kier alpha value is -9.68.